The lowest BCUT2D eigenvalue weighted by Gasteiger charge is -2.31. The van der Waals surface area contributed by atoms with Crippen LogP contribution in [-0.2, 0) is 20.6 Å². The van der Waals surface area contributed by atoms with Crippen LogP contribution in [0, 0.1) is 19.8 Å². The number of nitrogens with zero attached hydrogens (tertiary/aromatic N) is 1. The summed E-state index contributed by atoms with van der Waals surface area (Å²) in [5, 5.41) is 2.98. The summed E-state index contributed by atoms with van der Waals surface area (Å²) < 4.78 is 27.0. The molecule has 0 radical (unpaired) electrons. The number of anilines is 1. The summed E-state index contributed by atoms with van der Waals surface area (Å²) in [5.41, 5.74) is 3.71. The summed E-state index contributed by atoms with van der Waals surface area (Å²) in [4.78, 5) is 12.7. The Hall–Kier alpha value is -2.18. The molecule has 1 amide bonds. The van der Waals surface area contributed by atoms with Crippen molar-refractivity contribution in [2.75, 3.05) is 18.4 Å². The third-order valence-corrected chi connectivity index (χ3v) is 7.02. The zero-order valence-electron chi connectivity index (χ0n) is 15.8. The molecular weight excluding hydrogens is 360 g/mol. The molecule has 0 aliphatic carbocycles. The van der Waals surface area contributed by atoms with Crippen molar-refractivity contribution in [2.24, 2.45) is 5.92 Å². The van der Waals surface area contributed by atoms with Gasteiger partial charge in [0.1, 0.15) is 0 Å². The van der Waals surface area contributed by atoms with Crippen LogP contribution in [0.1, 0.15) is 29.5 Å². The number of carbonyl (C=O) groups is 1. The van der Waals surface area contributed by atoms with E-state index in [2.05, 4.69) is 5.32 Å². The first kappa shape index (κ1) is 19.6. The highest BCUT2D eigenvalue weighted by Crippen LogP contribution is 2.24. The Morgan fingerprint density at radius 2 is 1.85 bits per heavy atom. The van der Waals surface area contributed by atoms with Gasteiger partial charge in [-0.05, 0) is 49.4 Å². The molecule has 1 unspecified atom stereocenters. The molecule has 1 fully saturated rings. The lowest BCUT2D eigenvalue weighted by molar-refractivity contribution is -0.120. The molecule has 1 N–H and O–H groups in total. The van der Waals surface area contributed by atoms with Gasteiger partial charge in [-0.2, -0.15) is 0 Å². The minimum Gasteiger partial charge on any atom is -0.326 e. The Kier molecular flexibility index (Phi) is 5.97. The third-order valence-electron chi connectivity index (χ3n) is 5.20. The van der Waals surface area contributed by atoms with Gasteiger partial charge in [0.15, 0.2) is 0 Å². The molecule has 2 aromatic rings. The molecule has 5 nitrogen and oxygen atoms in total. The van der Waals surface area contributed by atoms with Crippen molar-refractivity contribution < 1.29 is 13.2 Å². The van der Waals surface area contributed by atoms with Crippen molar-refractivity contribution in [3.05, 3.63) is 65.2 Å². The van der Waals surface area contributed by atoms with Gasteiger partial charge in [-0.25, -0.2) is 12.7 Å². The number of aryl methyl sites for hydroxylation is 1. The van der Waals surface area contributed by atoms with Crippen LogP contribution in [0.15, 0.2) is 48.5 Å². The quantitative estimate of drug-likeness (QED) is 0.855. The van der Waals surface area contributed by atoms with E-state index in [1.807, 2.05) is 62.4 Å². The fourth-order valence-electron chi connectivity index (χ4n) is 3.41. The highest BCUT2D eigenvalue weighted by atomic mass is 32.2. The van der Waals surface area contributed by atoms with Crippen LogP contribution in [0.3, 0.4) is 0 Å². The molecule has 3 rings (SSSR count). The summed E-state index contributed by atoms with van der Waals surface area (Å²) >= 11 is 0. The number of carbonyl (C=O) groups excluding carboxylic acids is 1. The van der Waals surface area contributed by atoms with Crippen molar-refractivity contribution in [1.82, 2.24) is 4.31 Å². The van der Waals surface area contributed by atoms with Gasteiger partial charge in [0, 0.05) is 18.8 Å². The van der Waals surface area contributed by atoms with Crippen molar-refractivity contribution in [3.8, 4) is 0 Å². The topological polar surface area (TPSA) is 66.5 Å². The minimum atomic E-state index is -3.44. The Morgan fingerprint density at radius 1 is 1.11 bits per heavy atom. The van der Waals surface area contributed by atoms with E-state index in [1.165, 1.54) is 4.31 Å². The molecule has 1 heterocycles. The summed E-state index contributed by atoms with van der Waals surface area (Å²) in [6.45, 7) is 4.69. The smallest absolute Gasteiger partial charge is 0.228 e. The van der Waals surface area contributed by atoms with Crippen molar-refractivity contribution in [3.63, 3.8) is 0 Å². The highest BCUT2D eigenvalue weighted by molar-refractivity contribution is 7.88. The fraction of sp³-hybridized carbons (Fsp3) is 0.381. The molecule has 2 aromatic carbocycles. The van der Waals surface area contributed by atoms with E-state index in [0.29, 0.717) is 19.4 Å². The molecule has 6 heteroatoms. The van der Waals surface area contributed by atoms with Crippen molar-refractivity contribution in [2.45, 2.75) is 32.4 Å². The highest BCUT2D eigenvalue weighted by Gasteiger charge is 2.32. The second-order valence-electron chi connectivity index (χ2n) is 7.18. The molecule has 1 saturated heterocycles. The van der Waals surface area contributed by atoms with Crippen LogP contribution in [0.4, 0.5) is 5.69 Å². The molecule has 144 valence electrons. The second kappa shape index (κ2) is 8.23. The van der Waals surface area contributed by atoms with Gasteiger partial charge in [-0.15, -0.1) is 0 Å². The number of nitrogens with one attached hydrogen (secondary N) is 1. The Balaban J connectivity index is 1.68. The number of benzene rings is 2. The Morgan fingerprint density at radius 3 is 2.59 bits per heavy atom. The number of rotatable bonds is 5. The zero-order chi connectivity index (χ0) is 19.4. The van der Waals surface area contributed by atoms with Gasteiger partial charge in [0.05, 0.1) is 11.7 Å². The average Bonchev–Trinajstić information content (AvgIpc) is 2.66. The molecule has 0 spiro atoms. The maximum absolute atomic E-state index is 12.8. The number of piperidine rings is 1. The van der Waals surface area contributed by atoms with Crippen LogP contribution in [0.2, 0.25) is 0 Å². The predicted molar refractivity (Wildman–Crippen MR) is 108 cm³/mol. The van der Waals surface area contributed by atoms with Crippen LogP contribution in [0.25, 0.3) is 0 Å². The maximum atomic E-state index is 12.8. The van der Waals surface area contributed by atoms with Crippen LogP contribution in [0.5, 0.6) is 0 Å². The normalized spacial score (nSPS) is 18.2. The first-order chi connectivity index (χ1) is 12.9. The monoisotopic (exact) mass is 386 g/mol. The van der Waals surface area contributed by atoms with Crippen molar-refractivity contribution in [1.29, 1.82) is 0 Å². The van der Waals surface area contributed by atoms with E-state index in [-0.39, 0.29) is 24.1 Å². The molecular formula is C21H26N2O3S. The second-order valence-corrected chi connectivity index (χ2v) is 9.14. The van der Waals surface area contributed by atoms with Gasteiger partial charge in [0.2, 0.25) is 15.9 Å². The molecule has 1 aliphatic heterocycles. The predicted octanol–water partition coefficient (Wildman–Crippen LogP) is 3.48. The first-order valence-corrected chi connectivity index (χ1v) is 10.9. The summed E-state index contributed by atoms with van der Waals surface area (Å²) in [7, 11) is -3.44. The van der Waals surface area contributed by atoms with E-state index in [9.17, 15) is 13.2 Å². The zero-order valence-corrected chi connectivity index (χ0v) is 16.6. The van der Waals surface area contributed by atoms with E-state index < -0.39 is 10.0 Å². The fourth-order valence-corrected chi connectivity index (χ4v) is 5.02. The largest absolute Gasteiger partial charge is 0.326 e. The maximum Gasteiger partial charge on any atom is 0.228 e. The lowest BCUT2D eigenvalue weighted by Crippen LogP contribution is -2.44. The SMILES string of the molecule is Cc1cccc(NC(=O)C2CCCN(S(=O)(=O)Cc3ccccc3)C2)c1C. The van der Waals surface area contributed by atoms with E-state index >= 15 is 0 Å². The molecule has 0 bridgehead atoms. The van der Waals surface area contributed by atoms with Crippen LogP contribution >= 0.6 is 0 Å². The first-order valence-electron chi connectivity index (χ1n) is 9.25. The number of hydrogen-bond acceptors (Lipinski definition) is 3. The Bertz CT molecular complexity index is 910. The van der Waals surface area contributed by atoms with Gasteiger partial charge >= 0.3 is 0 Å². The number of hydrogen-bond donors (Lipinski definition) is 1. The van der Waals surface area contributed by atoms with E-state index in [4.69, 9.17) is 0 Å². The molecule has 0 saturated carbocycles. The molecule has 1 aliphatic rings. The van der Waals surface area contributed by atoms with Gasteiger partial charge in [0.25, 0.3) is 0 Å². The van der Waals surface area contributed by atoms with Crippen LogP contribution < -0.4 is 5.32 Å². The van der Waals surface area contributed by atoms with Gasteiger partial charge in [-0.1, -0.05) is 42.5 Å². The number of sulfonamides is 1. The van der Waals surface area contributed by atoms with Crippen molar-refractivity contribution >= 4 is 21.6 Å². The van der Waals surface area contributed by atoms with E-state index in [0.717, 1.165) is 22.4 Å². The summed E-state index contributed by atoms with van der Waals surface area (Å²) in [6, 6.07) is 15.0. The third kappa shape index (κ3) is 4.76. The standard InChI is InChI=1S/C21H26N2O3S/c1-16-8-6-12-20(17(16)2)22-21(24)19-11-7-13-23(14-19)27(25,26)15-18-9-4-3-5-10-18/h3-6,8-10,12,19H,7,11,13-15H2,1-2H3,(H,22,24). The molecule has 27 heavy (non-hydrogen) atoms. The minimum absolute atomic E-state index is 0.0286. The van der Waals surface area contributed by atoms with E-state index in [1.54, 1.807) is 0 Å². The summed E-state index contributed by atoms with van der Waals surface area (Å²) in [6.07, 6.45) is 1.40. The van der Waals surface area contributed by atoms with Gasteiger partial charge < -0.3 is 5.32 Å². The molecule has 0 aromatic heterocycles. The summed E-state index contributed by atoms with van der Waals surface area (Å²) in [5.74, 6) is -0.466. The Labute approximate surface area is 161 Å². The lowest BCUT2D eigenvalue weighted by atomic mass is 9.98. The number of amides is 1. The van der Waals surface area contributed by atoms with Gasteiger partial charge in [-0.3, -0.25) is 4.79 Å². The van der Waals surface area contributed by atoms with Crippen LogP contribution in [-0.4, -0.2) is 31.7 Å². The molecule has 1 atom stereocenters. The average molecular weight is 387 g/mol.